The van der Waals surface area contributed by atoms with Gasteiger partial charge in [-0.2, -0.15) is 13.1 Å². The van der Waals surface area contributed by atoms with Crippen molar-refractivity contribution < 1.29 is 101 Å². The Morgan fingerprint density at radius 3 is 2.24 bits per heavy atom. The maximum absolute atomic E-state index is 14.7. The second kappa shape index (κ2) is 29.2. The number of carbonyl (C=O) groups excluding carboxylic acids is 6. The standard InChI is InChI=1S/C57H87N3O21S/c1-29-14-11-10-12-15-30(2)41(75-7)26-36-19-17-34(6)57(72,81-36)52(67)53(68)60-21-13-16-37-38(42(78-55(70)46(37)60)27-39(62)31(3)23-33(5)48(64)51(77-9)47(63)32(4)22-29)24-35-18-20-40(43(25-35)76-8)80-56(71)59-82(73,74)58-45-50(66)49(65)44(28-61)79-54(45)69/h10-12,14-15,23,29,31-32,34-38,40-46,48-51,54,58,61,64-66,69,72H,13,16-22,24-28H2,1-9H3,(H,59,71)/b12-10+,14-11+,30-15+,33-23+/t29-,31-,32-,34-,35+,36+,37?,38+,40-,41+,42+,43-,44-,45-,46+,48-,49+,50-,51+,54?,57-/m1/s1. The van der Waals surface area contributed by atoms with E-state index in [0.717, 1.165) is 10.5 Å². The number of aliphatic hydroxyl groups is 6. The van der Waals surface area contributed by atoms with Crippen LogP contribution >= 0.6 is 0 Å². The number of nitrogens with zero attached hydrogens (tertiary/aromatic N) is 1. The number of allylic oxidation sites excluding steroid dienone is 6. The summed E-state index contributed by atoms with van der Waals surface area (Å²) in [5.74, 6) is -10.2. The first-order valence-electron chi connectivity index (χ1n) is 28.5. The number of methoxy groups -OCH3 is 3. The van der Waals surface area contributed by atoms with Crippen molar-refractivity contribution in [2.45, 2.75) is 197 Å². The smallest absolute Gasteiger partial charge is 0.422 e. The Morgan fingerprint density at radius 2 is 1.57 bits per heavy atom. The van der Waals surface area contributed by atoms with Crippen LogP contribution in [0.1, 0.15) is 112 Å². The molecule has 5 aliphatic heterocycles. The zero-order valence-corrected chi connectivity index (χ0v) is 49.2. The van der Waals surface area contributed by atoms with Crippen molar-refractivity contribution in [1.29, 1.82) is 0 Å². The predicted octanol–water partition coefficient (Wildman–Crippen LogP) is 1.77. The molecule has 8 N–H and O–H groups in total. The number of ether oxygens (including phenoxy) is 7. The number of Topliss-reactive ketones (excluding diaryl/α,β-unsaturated/α-hetero) is 3. The molecule has 0 radical (unpaired) electrons. The van der Waals surface area contributed by atoms with Gasteiger partial charge in [0.05, 0.1) is 24.9 Å². The Bertz CT molecular complexity index is 2510. The summed E-state index contributed by atoms with van der Waals surface area (Å²) in [7, 11) is -0.637. The predicted molar refractivity (Wildman–Crippen MR) is 292 cm³/mol. The number of carbonyl (C=O) groups is 6. The molecule has 6 bridgehead atoms. The second-order valence-electron chi connectivity index (χ2n) is 23.4. The fourth-order valence-corrected chi connectivity index (χ4v) is 13.7. The van der Waals surface area contributed by atoms with E-state index in [4.69, 9.17) is 33.2 Å². The van der Waals surface area contributed by atoms with Gasteiger partial charge in [0, 0.05) is 64.4 Å². The third-order valence-corrected chi connectivity index (χ3v) is 18.6. The van der Waals surface area contributed by atoms with E-state index in [-0.39, 0.29) is 62.1 Å². The lowest BCUT2D eigenvalue weighted by Gasteiger charge is -2.50. The average molecular weight is 1180 g/mol. The van der Waals surface area contributed by atoms with E-state index in [1.165, 1.54) is 21.3 Å². The van der Waals surface area contributed by atoms with Crippen LogP contribution in [-0.2, 0) is 67.3 Å². The van der Waals surface area contributed by atoms with Crippen LogP contribution in [0.5, 0.6) is 0 Å². The second-order valence-corrected chi connectivity index (χ2v) is 24.8. The highest BCUT2D eigenvalue weighted by molar-refractivity contribution is 7.88. The lowest BCUT2D eigenvalue weighted by atomic mass is 9.68. The first kappa shape index (κ1) is 66.8. The van der Waals surface area contributed by atoms with Crippen molar-refractivity contribution in [1.82, 2.24) is 14.3 Å². The molecule has 2 unspecified atom stereocenters. The Kier molecular flexibility index (Phi) is 23.7. The number of esters is 1. The molecule has 5 fully saturated rings. The van der Waals surface area contributed by atoms with Crippen LogP contribution in [0.15, 0.2) is 47.6 Å². The largest absolute Gasteiger partial charge is 0.460 e. The average Bonchev–Trinajstić information content (AvgIpc) is 3.59. The van der Waals surface area contributed by atoms with Crippen molar-refractivity contribution in [2.24, 2.45) is 41.4 Å². The minimum atomic E-state index is -4.88. The van der Waals surface area contributed by atoms with Crippen LogP contribution in [0, 0.1) is 41.4 Å². The molecule has 1 aliphatic carbocycles. The van der Waals surface area contributed by atoms with Gasteiger partial charge in [0.2, 0.25) is 5.79 Å². The van der Waals surface area contributed by atoms with Gasteiger partial charge in [0.1, 0.15) is 60.6 Å². The van der Waals surface area contributed by atoms with E-state index < -0.39 is 155 Å². The number of fused-ring (bicyclic) bond motifs is 3. The third kappa shape index (κ3) is 15.9. The molecule has 462 valence electrons. The van der Waals surface area contributed by atoms with Crippen LogP contribution in [0.3, 0.4) is 0 Å². The first-order chi connectivity index (χ1) is 38.7. The molecule has 5 heterocycles. The molecule has 0 spiro atoms. The summed E-state index contributed by atoms with van der Waals surface area (Å²) in [5, 5.41) is 64.0. The molecule has 25 heteroatoms. The van der Waals surface area contributed by atoms with E-state index in [1.807, 2.05) is 48.9 Å². The van der Waals surface area contributed by atoms with Gasteiger partial charge in [0.25, 0.3) is 11.7 Å². The molecule has 1 saturated carbocycles. The molecule has 0 aromatic carbocycles. The fourth-order valence-electron chi connectivity index (χ4n) is 12.7. The summed E-state index contributed by atoms with van der Waals surface area (Å²) in [5.41, 5.74) is 1.13. The number of hydrogen-bond donors (Lipinski definition) is 8. The molecule has 24 nitrogen and oxygen atoms in total. The molecular weight excluding hydrogens is 1090 g/mol. The number of amides is 2. The van der Waals surface area contributed by atoms with E-state index in [9.17, 15) is 67.8 Å². The number of ketones is 3. The van der Waals surface area contributed by atoms with Gasteiger partial charge in [-0.1, -0.05) is 64.2 Å². The van der Waals surface area contributed by atoms with Crippen LogP contribution in [0.2, 0.25) is 0 Å². The summed E-state index contributed by atoms with van der Waals surface area (Å²) in [4.78, 5) is 86.2. The van der Waals surface area contributed by atoms with Gasteiger partial charge in [0.15, 0.2) is 12.1 Å². The van der Waals surface area contributed by atoms with Gasteiger partial charge in [-0.3, -0.25) is 19.2 Å². The molecule has 2 amide bonds. The topological polar surface area (TPSA) is 350 Å². The molecule has 0 aromatic rings. The summed E-state index contributed by atoms with van der Waals surface area (Å²) in [6.45, 7) is 9.63. The molecule has 6 aliphatic rings. The maximum Gasteiger partial charge on any atom is 0.422 e. The number of hydrogen-bond acceptors (Lipinski definition) is 21. The highest BCUT2D eigenvalue weighted by Crippen LogP contribution is 2.46. The number of aliphatic hydroxyl groups excluding tert-OH is 5. The van der Waals surface area contributed by atoms with Gasteiger partial charge in [-0.25, -0.2) is 14.3 Å². The van der Waals surface area contributed by atoms with Crippen molar-refractivity contribution in [3.63, 3.8) is 0 Å². The van der Waals surface area contributed by atoms with Crippen molar-refractivity contribution >= 4 is 45.5 Å². The van der Waals surface area contributed by atoms with E-state index in [1.54, 1.807) is 38.5 Å². The van der Waals surface area contributed by atoms with E-state index in [0.29, 0.717) is 44.1 Å². The molecular formula is C57H87N3O21S. The monoisotopic (exact) mass is 1180 g/mol. The Morgan fingerprint density at radius 1 is 0.854 bits per heavy atom. The summed E-state index contributed by atoms with van der Waals surface area (Å²) in [6.07, 6.45) is -1.51. The quantitative estimate of drug-likeness (QED) is 0.0878. The normalized spacial score (nSPS) is 42.0. The highest BCUT2D eigenvalue weighted by Gasteiger charge is 2.57. The van der Waals surface area contributed by atoms with Gasteiger partial charge in [-0.05, 0) is 101 Å². The molecule has 6 rings (SSSR count). The Hall–Kier alpha value is -4.35. The lowest BCUT2D eigenvalue weighted by Crippen LogP contribution is -2.65. The minimum absolute atomic E-state index is 0.0290. The summed E-state index contributed by atoms with van der Waals surface area (Å²) < 4.78 is 69.7. The summed E-state index contributed by atoms with van der Waals surface area (Å²) in [6, 6.07) is -3.15. The summed E-state index contributed by atoms with van der Waals surface area (Å²) >= 11 is 0. The highest BCUT2D eigenvalue weighted by atomic mass is 32.2. The lowest BCUT2D eigenvalue weighted by molar-refractivity contribution is -0.266. The van der Waals surface area contributed by atoms with E-state index >= 15 is 0 Å². The third-order valence-electron chi connectivity index (χ3n) is 17.6. The Balaban J connectivity index is 1.27. The number of nitrogens with one attached hydrogen (secondary N) is 2. The Labute approximate surface area is 480 Å². The van der Waals surface area contributed by atoms with Crippen molar-refractivity contribution in [3.05, 3.63) is 47.6 Å². The molecule has 21 atom stereocenters. The maximum atomic E-state index is 14.7. The van der Waals surface area contributed by atoms with Crippen LogP contribution in [0.25, 0.3) is 0 Å². The fraction of sp³-hybridized carbons (Fsp3) is 0.754. The van der Waals surface area contributed by atoms with Gasteiger partial charge >= 0.3 is 22.3 Å². The van der Waals surface area contributed by atoms with Crippen LogP contribution < -0.4 is 9.44 Å². The minimum Gasteiger partial charge on any atom is -0.460 e. The SMILES string of the molecule is CO[C@H]1C[C@@H]2CC[C@@H](C)[C@@](O)(O2)C(=O)C(=O)N2CCCC3[C@H]2C(=O)O[C@@H](CC(=O)[C@H](C)/C=C(\C)[C@@H](O)[C@@H](OC)C(=O)[C@H](C)C[C@H](C)/C=C/C=C/C=C/1C)[C@H]3C[C@@H]1CC[C@@H](OC(=O)NS(=O)(=O)N[C@H]2C(O)O[C@H](CO)[C@H](O)[C@@H]2O)[C@H](OC)C1. The molecule has 82 heavy (non-hydrogen) atoms. The van der Waals surface area contributed by atoms with Gasteiger partial charge in [-0.15, -0.1) is 0 Å². The zero-order chi connectivity index (χ0) is 60.5. The van der Waals surface area contributed by atoms with Crippen molar-refractivity contribution in [2.75, 3.05) is 34.5 Å². The van der Waals surface area contributed by atoms with Crippen LogP contribution in [0.4, 0.5) is 4.79 Å². The molecule has 0 aromatic heterocycles. The van der Waals surface area contributed by atoms with Gasteiger partial charge < -0.3 is 68.7 Å². The number of rotatable bonds is 10. The first-order valence-corrected chi connectivity index (χ1v) is 30.0. The van der Waals surface area contributed by atoms with E-state index in [2.05, 4.69) is 0 Å². The van der Waals surface area contributed by atoms with Crippen LogP contribution in [-0.4, -0.2) is 199 Å². The molecule has 4 saturated heterocycles. The number of piperidine rings is 1. The zero-order valence-electron chi connectivity index (χ0n) is 48.4. The van der Waals surface area contributed by atoms with Crippen molar-refractivity contribution in [3.8, 4) is 0 Å².